The standard InChI is InChI=1S/C16H17NO/c1-11-7-12(2)9-14(8-11)10-16(18)15-6-4-5-13(3)17-15/h4-9H,10H2,1-3H3. The molecule has 18 heavy (non-hydrogen) atoms. The van der Waals surface area contributed by atoms with Gasteiger partial charge in [-0.1, -0.05) is 35.4 Å². The molecule has 0 fully saturated rings. The zero-order valence-corrected chi connectivity index (χ0v) is 11.0. The van der Waals surface area contributed by atoms with E-state index in [-0.39, 0.29) is 5.78 Å². The van der Waals surface area contributed by atoms with Gasteiger partial charge < -0.3 is 0 Å². The van der Waals surface area contributed by atoms with Crippen LogP contribution in [0.25, 0.3) is 0 Å². The van der Waals surface area contributed by atoms with Crippen molar-refractivity contribution in [1.82, 2.24) is 4.98 Å². The Morgan fingerprint density at radius 2 is 1.72 bits per heavy atom. The lowest BCUT2D eigenvalue weighted by molar-refractivity contribution is 0.0988. The van der Waals surface area contributed by atoms with Crippen molar-refractivity contribution in [3.63, 3.8) is 0 Å². The molecule has 2 nitrogen and oxygen atoms in total. The third-order valence-electron chi connectivity index (χ3n) is 2.82. The molecule has 0 saturated carbocycles. The number of Topliss-reactive ketones (excluding diaryl/α,β-unsaturated/α-hetero) is 1. The summed E-state index contributed by atoms with van der Waals surface area (Å²) in [5.41, 5.74) is 4.86. The number of benzene rings is 1. The monoisotopic (exact) mass is 239 g/mol. The van der Waals surface area contributed by atoms with Crippen LogP contribution in [0.2, 0.25) is 0 Å². The smallest absolute Gasteiger partial charge is 0.185 e. The van der Waals surface area contributed by atoms with E-state index >= 15 is 0 Å². The van der Waals surface area contributed by atoms with Crippen molar-refractivity contribution in [2.24, 2.45) is 0 Å². The zero-order chi connectivity index (χ0) is 13.1. The van der Waals surface area contributed by atoms with Gasteiger partial charge in [0.2, 0.25) is 0 Å². The number of hydrogen-bond acceptors (Lipinski definition) is 2. The Morgan fingerprint density at radius 1 is 1.06 bits per heavy atom. The van der Waals surface area contributed by atoms with Crippen LogP contribution < -0.4 is 0 Å². The summed E-state index contributed by atoms with van der Waals surface area (Å²) in [6, 6.07) is 11.8. The number of pyridine rings is 1. The number of aromatic nitrogens is 1. The minimum atomic E-state index is 0.0729. The molecule has 0 bridgehead atoms. The van der Waals surface area contributed by atoms with Crippen LogP contribution in [0, 0.1) is 20.8 Å². The highest BCUT2D eigenvalue weighted by Crippen LogP contribution is 2.12. The van der Waals surface area contributed by atoms with Crippen molar-refractivity contribution in [2.45, 2.75) is 27.2 Å². The summed E-state index contributed by atoms with van der Waals surface area (Å²) in [4.78, 5) is 16.4. The van der Waals surface area contributed by atoms with Crippen LogP contribution in [0.5, 0.6) is 0 Å². The Bertz CT molecular complexity index is 567. The average Bonchev–Trinajstić information content (AvgIpc) is 2.27. The molecule has 0 amide bonds. The summed E-state index contributed by atoms with van der Waals surface area (Å²) in [6.07, 6.45) is 0.416. The maximum absolute atomic E-state index is 12.1. The highest BCUT2D eigenvalue weighted by atomic mass is 16.1. The zero-order valence-electron chi connectivity index (χ0n) is 11.0. The van der Waals surface area contributed by atoms with Crippen molar-refractivity contribution in [1.29, 1.82) is 0 Å². The van der Waals surface area contributed by atoms with Crippen LogP contribution in [-0.2, 0) is 6.42 Å². The van der Waals surface area contributed by atoms with Gasteiger partial charge in [-0.05, 0) is 38.5 Å². The van der Waals surface area contributed by atoms with E-state index in [9.17, 15) is 4.79 Å². The fraction of sp³-hybridized carbons (Fsp3) is 0.250. The predicted molar refractivity (Wildman–Crippen MR) is 72.9 cm³/mol. The first-order valence-electron chi connectivity index (χ1n) is 6.08. The summed E-state index contributed by atoms with van der Waals surface area (Å²) in [5.74, 6) is 0.0729. The quantitative estimate of drug-likeness (QED) is 0.768. The molecule has 1 aromatic carbocycles. The normalized spacial score (nSPS) is 10.4. The fourth-order valence-electron chi connectivity index (χ4n) is 2.15. The second kappa shape index (κ2) is 5.13. The van der Waals surface area contributed by atoms with Crippen LogP contribution in [0.1, 0.15) is 32.9 Å². The van der Waals surface area contributed by atoms with E-state index in [1.807, 2.05) is 32.9 Å². The topological polar surface area (TPSA) is 30.0 Å². The number of ketones is 1. The Labute approximate surface area is 108 Å². The SMILES string of the molecule is Cc1cc(C)cc(CC(=O)c2cccc(C)n2)c1. The molecule has 0 unspecified atom stereocenters. The molecule has 0 spiro atoms. The minimum Gasteiger partial charge on any atom is -0.292 e. The molecule has 0 aliphatic rings. The number of aryl methyl sites for hydroxylation is 3. The number of rotatable bonds is 3. The van der Waals surface area contributed by atoms with E-state index in [4.69, 9.17) is 0 Å². The van der Waals surface area contributed by atoms with Crippen LogP contribution in [-0.4, -0.2) is 10.8 Å². The van der Waals surface area contributed by atoms with Gasteiger partial charge in [0.05, 0.1) is 0 Å². The minimum absolute atomic E-state index is 0.0729. The maximum Gasteiger partial charge on any atom is 0.185 e. The van der Waals surface area contributed by atoms with Gasteiger partial charge in [-0.2, -0.15) is 0 Å². The maximum atomic E-state index is 12.1. The van der Waals surface area contributed by atoms with Crippen LogP contribution >= 0.6 is 0 Å². The van der Waals surface area contributed by atoms with Crippen molar-refractivity contribution in [3.8, 4) is 0 Å². The van der Waals surface area contributed by atoms with Crippen molar-refractivity contribution in [3.05, 3.63) is 64.5 Å². The number of hydrogen-bond donors (Lipinski definition) is 0. The first kappa shape index (κ1) is 12.5. The van der Waals surface area contributed by atoms with E-state index in [0.29, 0.717) is 12.1 Å². The Hall–Kier alpha value is -1.96. The third kappa shape index (κ3) is 3.04. The largest absolute Gasteiger partial charge is 0.292 e. The summed E-state index contributed by atoms with van der Waals surface area (Å²) in [5, 5.41) is 0. The summed E-state index contributed by atoms with van der Waals surface area (Å²) < 4.78 is 0. The number of carbonyl (C=O) groups is 1. The molecule has 92 valence electrons. The lowest BCUT2D eigenvalue weighted by Gasteiger charge is -2.05. The van der Waals surface area contributed by atoms with Gasteiger partial charge in [-0.15, -0.1) is 0 Å². The summed E-state index contributed by atoms with van der Waals surface area (Å²) >= 11 is 0. The molecule has 1 aromatic heterocycles. The van der Waals surface area contributed by atoms with Gasteiger partial charge >= 0.3 is 0 Å². The molecule has 2 rings (SSSR count). The van der Waals surface area contributed by atoms with Gasteiger partial charge in [0, 0.05) is 12.1 Å². The summed E-state index contributed by atoms with van der Waals surface area (Å²) in [6.45, 7) is 5.99. The lowest BCUT2D eigenvalue weighted by Crippen LogP contribution is -2.06. The highest BCUT2D eigenvalue weighted by Gasteiger charge is 2.09. The van der Waals surface area contributed by atoms with Crippen LogP contribution in [0.15, 0.2) is 36.4 Å². The Morgan fingerprint density at radius 3 is 2.33 bits per heavy atom. The number of carbonyl (C=O) groups excluding carboxylic acids is 1. The van der Waals surface area contributed by atoms with E-state index in [1.165, 1.54) is 11.1 Å². The third-order valence-corrected chi connectivity index (χ3v) is 2.82. The summed E-state index contributed by atoms with van der Waals surface area (Å²) in [7, 11) is 0. The van der Waals surface area contributed by atoms with Crippen molar-refractivity contribution in [2.75, 3.05) is 0 Å². The van der Waals surface area contributed by atoms with Crippen molar-refractivity contribution < 1.29 is 4.79 Å². The molecular weight excluding hydrogens is 222 g/mol. The molecule has 1 heterocycles. The second-order valence-electron chi connectivity index (χ2n) is 4.76. The molecule has 2 heteroatoms. The first-order valence-corrected chi connectivity index (χ1v) is 6.08. The van der Waals surface area contributed by atoms with E-state index in [2.05, 4.69) is 23.2 Å². The van der Waals surface area contributed by atoms with Gasteiger partial charge in [0.15, 0.2) is 5.78 Å². The second-order valence-corrected chi connectivity index (χ2v) is 4.76. The van der Waals surface area contributed by atoms with Crippen LogP contribution in [0.3, 0.4) is 0 Å². The lowest BCUT2D eigenvalue weighted by atomic mass is 10.0. The van der Waals surface area contributed by atoms with Crippen LogP contribution in [0.4, 0.5) is 0 Å². The molecule has 0 radical (unpaired) electrons. The van der Waals surface area contributed by atoms with Crippen molar-refractivity contribution >= 4 is 5.78 Å². The molecular formula is C16H17NO. The van der Waals surface area contributed by atoms with E-state index in [0.717, 1.165) is 11.3 Å². The molecule has 0 aliphatic carbocycles. The highest BCUT2D eigenvalue weighted by molar-refractivity contribution is 5.95. The number of nitrogens with zero attached hydrogens (tertiary/aromatic N) is 1. The molecule has 0 saturated heterocycles. The van der Waals surface area contributed by atoms with Gasteiger partial charge in [-0.25, -0.2) is 0 Å². The molecule has 0 atom stereocenters. The molecule has 2 aromatic rings. The Balaban J connectivity index is 2.21. The van der Waals surface area contributed by atoms with E-state index in [1.54, 1.807) is 6.07 Å². The Kier molecular flexibility index (Phi) is 3.56. The fourth-order valence-corrected chi connectivity index (χ4v) is 2.15. The van der Waals surface area contributed by atoms with Gasteiger partial charge in [-0.3, -0.25) is 9.78 Å². The van der Waals surface area contributed by atoms with Gasteiger partial charge in [0.1, 0.15) is 5.69 Å². The first-order chi connectivity index (χ1) is 8.54. The average molecular weight is 239 g/mol. The molecule has 0 N–H and O–H groups in total. The predicted octanol–water partition coefficient (Wildman–Crippen LogP) is 3.43. The van der Waals surface area contributed by atoms with Gasteiger partial charge in [0.25, 0.3) is 0 Å². The molecule has 0 aliphatic heterocycles. The van der Waals surface area contributed by atoms with E-state index < -0.39 is 0 Å².